The van der Waals surface area contributed by atoms with E-state index in [1.807, 2.05) is 0 Å². The van der Waals surface area contributed by atoms with E-state index in [0.717, 1.165) is 19.3 Å². The summed E-state index contributed by atoms with van der Waals surface area (Å²) in [6.07, 6.45) is 3.89. The molecule has 0 unspecified atom stereocenters. The molecule has 3 heteroatoms. The lowest BCUT2D eigenvalue weighted by Crippen LogP contribution is -2.39. The van der Waals surface area contributed by atoms with Gasteiger partial charge in [0.15, 0.2) is 0 Å². The van der Waals surface area contributed by atoms with Gasteiger partial charge in [-0.15, -0.1) is 0 Å². The largest absolute Gasteiger partial charge is 0.355 e. The maximum absolute atomic E-state index is 12.1. The molecule has 0 heterocycles. The summed E-state index contributed by atoms with van der Waals surface area (Å²) in [4.78, 5) is 12.1. The Morgan fingerprint density at radius 2 is 2.05 bits per heavy atom. The Morgan fingerprint density at radius 1 is 1.33 bits per heavy atom. The summed E-state index contributed by atoms with van der Waals surface area (Å²) in [5, 5.41) is 3.10. The molecule has 0 spiro atoms. The third-order valence-electron chi connectivity index (χ3n) is 4.77. The first-order valence-corrected chi connectivity index (χ1v) is 7.98. The van der Waals surface area contributed by atoms with Crippen LogP contribution in [0.25, 0.3) is 0 Å². The molecule has 0 saturated heterocycles. The Morgan fingerprint density at radius 3 is 2.67 bits per heavy atom. The van der Waals surface area contributed by atoms with E-state index in [4.69, 9.17) is 5.73 Å². The van der Waals surface area contributed by atoms with Crippen LogP contribution in [0, 0.1) is 12.8 Å². The van der Waals surface area contributed by atoms with Gasteiger partial charge in [-0.25, -0.2) is 0 Å². The molecule has 1 saturated carbocycles. The van der Waals surface area contributed by atoms with Crippen LogP contribution < -0.4 is 11.1 Å². The number of amides is 1. The first kappa shape index (κ1) is 16.0. The second kappa shape index (κ2) is 6.61. The third kappa shape index (κ3) is 4.07. The molecule has 1 amide bonds. The Balaban J connectivity index is 1.89. The Labute approximate surface area is 128 Å². The van der Waals surface area contributed by atoms with Crippen molar-refractivity contribution in [2.24, 2.45) is 11.7 Å². The van der Waals surface area contributed by atoms with E-state index >= 15 is 0 Å². The van der Waals surface area contributed by atoms with E-state index < -0.39 is 0 Å². The zero-order valence-electron chi connectivity index (χ0n) is 13.5. The number of hydrogen-bond acceptors (Lipinski definition) is 2. The van der Waals surface area contributed by atoms with Crippen molar-refractivity contribution in [3.8, 4) is 0 Å². The second-order valence-corrected chi connectivity index (χ2v) is 7.03. The molecule has 0 bridgehead atoms. The summed E-state index contributed by atoms with van der Waals surface area (Å²) in [6, 6.07) is 8.59. The van der Waals surface area contributed by atoms with Crippen molar-refractivity contribution in [1.82, 2.24) is 5.32 Å². The van der Waals surface area contributed by atoms with Gasteiger partial charge < -0.3 is 11.1 Å². The molecule has 0 aromatic heterocycles. The molecule has 3 N–H and O–H groups in total. The van der Waals surface area contributed by atoms with E-state index in [9.17, 15) is 4.79 Å². The smallest absolute Gasteiger partial charge is 0.220 e. The number of carbonyl (C=O) groups excluding carboxylic acids is 1. The first-order chi connectivity index (χ1) is 9.90. The summed E-state index contributed by atoms with van der Waals surface area (Å²) < 4.78 is 0. The average molecular weight is 288 g/mol. The molecule has 21 heavy (non-hydrogen) atoms. The van der Waals surface area contributed by atoms with Gasteiger partial charge in [0.05, 0.1) is 0 Å². The normalized spacial score (nSPS) is 22.3. The highest BCUT2D eigenvalue weighted by Crippen LogP contribution is 2.28. The molecule has 1 fully saturated rings. The molecule has 1 aliphatic carbocycles. The number of aryl methyl sites for hydroxylation is 1. The van der Waals surface area contributed by atoms with Gasteiger partial charge in [-0.05, 0) is 36.8 Å². The highest BCUT2D eigenvalue weighted by Gasteiger charge is 2.27. The van der Waals surface area contributed by atoms with E-state index in [1.54, 1.807) is 0 Å². The minimum absolute atomic E-state index is 0.0568. The molecule has 2 atom stereocenters. The number of nitrogens with one attached hydrogen (secondary N) is 1. The molecule has 1 aliphatic rings. The number of nitrogens with two attached hydrogens (primary N) is 1. The van der Waals surface area contributed by atoms with E-state index in [1.165, 1.54) is 11.1 Å². The molecule has 3 nitrogen and oxygen atoms in total. The van der Waals surface area contributed by atoms with Crippen molar-refractivity contribution in [2.75, 3.05) is 6.54 Å². The first-order valence-electron chi connectivity index (χ1n) is 7.98. The zero-order chi connectivity index (χ0) is 15.5. The minimum atomic E-state index is -0.0568. The standard InChI is InChI=1S/C18H28N2O/c1-13-7-4-5-9-15(13)18(2,3)12-20-17(21)11-14-8-6-10-16(14)19/h4-5,7,9,14,16H,6,8,10-12,19H2,1-3H3,(H,20,21)/t14-,16+/m0/s1. The summed E-state index contributed by atoms with van der Waals surface area (Å²) in [6.45, 7) is 7.14. The topological polar surface area (TPSA) is 55.1 Å². The van der Waals surface area contributed by atoms with Crippen LogP contribution in [0.3, 0.4) is 0 Å². The van der Waals surface area contributed by atoms with Crippen LogP contribution in [0.4, 0.5) is 0 Å². The Hall–Kier alpha value is -1.35. The van der Waals surface area contributed by atoms with Gasteiger partial charge in [-0.1, -0.05) is 44.5 Å². The van der Waals surface area contributed by atoms with Crippen LogP contribution in [-0.4, -0.2) is 18.5 Å². The highest BCUT2D eigenvalue weighted by molar-refractivity contribution is 5.76. The lowest BCUT2D eigenvalue weighted by atomic mass is 9.82. The van der Waals surface area contributed by atoms with Crippen molar-refractivity contribution in [3.05, 3.63) is 35.4 Å². The monoisotopic (exact) mass is 288 g/mol. The van der Waals surface area contributed by atoms with Crippen molar-refractivity contribution < 1.29 is 4.79 Å². The second-order valence-electron chi connectivity index (χ2n) is 7.03. The predicted octanol–water partition coefficient (Wildman–Crippen LogP) is 2.91. The third-order valence-corrected chi connectivity index (χ3v) is 4.77. The molecule has 0 aliphatic heterocycles. The number of hydrogen-bond donors (Lipinski definition) is 2. The molecule has 0 radical (unpaired) electrons. The minimum Gasteiger partial charge on any atom is -0.355 e. The van der Waals surface area contributed by atoms with E-state index in [-0.39, 0.29) is 17.4 Å². The molecule has 2 rings (SSSR count). The van der Waals surface area contributed by atoms with Gasteiger partial charge >= 0.3 is 0 Å². The van der Waals surface area contributed by atoms with Crippen LogP contribution in [0.5, 0.6) is 0 Å². The zero-order valence-corrected chi connectivity index (χ0v) is 13.5. The maximum Gasteiger partial charge on any atom is 0.220 e. The Kier molecular flexibility index (Phi) is 5.04. The summed E-state index contributed by atoms with van der Waals surface area (Å²) in [7, 11) is 0. The molecule has 1 aromatic rings. The van der Waals surface area contributed by atoms with Crippen LogP contribution in [-0.2, 0) is 10.2 Å². The number of benzene rings is 1. The van der Waals surface area contributed by atoms with Crippen molar-refractivity contribution in [2.45, 2.75) is 57.9 Å². The highest BCUT2D eigenvalue weighted by atomic mass is 16.1. The maximum atomic E-state index is 12.1. The molecule has 1 aromatic carbocycles. The lowest BCUT2D eigenvalue weighted by molar-refractivity contribution is -0.122. The number of rotatable bonds is 5. The average Bonchev–Trinajstić information content (AvgIpc) is 2.82. The van der Waals surface area contributed by atoms with Crippen LogP contribution in [0.2, 0.25) is 0 Å². The van der Waals surface area contributed by atoms with E-state index in [2.05, 4.69) is 50.4 Å². The van der Waals surface area contributed by atoms with Crippen molar-refractivity contribution in [1.29, 1.82) is 0 Å². The fourth-order valence-corrected chi connectivity index (χ4v) is 3.38. The summed E-state index contributed by atoms with van der Waals surface area (Å²) in [5.41, 5.74) is 8.55. The molecular weight excluding hydrogens is 260 g/mol. The Bertz CT molecular complexity index is 496. The van der Waals surface area contributed by atoms with Gasteiger partial charge in [0.1, 0.15) is 0 Å². The quantitative estimate of drug-likeness (QED) is 0.875. The number of carbonyl (C=O) groups is 1. The fourth-order valence-electron chi connectivity index (χ4n) is 3.38. The van der Waals surface area contributed by atoms with Crippen LogP contribution in [0.15, 0.2) is 24.3 Å². The van der Waals surface area contributed by atoms with Gasteiger partial charge in [0.2, 0.25) is 5.91 Å². The fraction of sp³-hybridized carbons (Fsp3) is 0.611. The summed E-state index contributed by atoms with van der Waals surface area (Å²) in [5.74, 6) is 0.505. The van der Waals surface area contributed by atoms with Crippen LogP contribution in [0.1, 0.15) is 50.7 Å². The lowest BCUT2D eigenvalue weighted by Gasteiger charge is -2.28. The SMILES string of the molecule is Cc1ccccc1C(C)(C)CNC(=O)C[C@@H]1CCC[C@H]1N. The van der Waals surface area contributed by atoms with E-state index in [0.29, 0.717) is 18.9 Å². The van der Waals surface area contributed by atoms with Crippen molar-refractivity contribution in [3.63, 3.8) is 0 Å². The van der Waals surface area contributed by atoms with Crippen molar-refractivity contribution >= 4 is 5.91 Å². The molecular formula is C18H28N2O. The summed E-state index contributed by atoms with van der Waals surface area (Å²) >= 11 is 0. The van der Waals surface area contributed by atoms with Gasteiger partial charge in [-0.3, -0.25) is 4.79 Å². The van der Waals surface area contributed by atoms with Gasteiger partial charge in [0, 0.05) is 24.4 Å². The molecule has 116 valence electrons. The predicted molar refractivity (Wildman–Crippen MR) is 87.1 cm³/mol. The van der Waals surface area contributed by atoms with Gasteiger partial charge in [-0.2, -0.15) is 0 Å². The van der Waals surface area contributed by atoms with Crippen LogP contribution >= 0.6 is 0 Å². The van der Waals surface area contributed by atoms with Gasteiger partial charge in [0.25, 0.3) is 0 Å².